The van der Waals surface area contributed by atoms with Crippen LogP contribution in [0.2, 0.25) is 0 Å². The number of anilines is 2. The number of hydrogen-bond acceptors (Lipinski definition) is 5. The van der Waals surface area contributed by atoms with E-state index in [2.05, 4.69) is 10.6 Å². The minimum absolute atomic E-state index is 0.00210. The Kier molecular flexibility index (Phi) is 7.71. The third-order valence-corrected chi connectivity index (χ3v) is 6.05. The van der Waals surface area contributed by atoms with Crippen LogP contribution >= 0.6 is 11.6 Å². The summed E-state index contributed by atoms with van der Waals surface area (Å²) >= 11 is 6.23. The van der Waals surface area contributed by atoms with Gasteiger partial charge in [-0.2, -0.15) is 0 Å². The Morgan fingerprint density at radius 3 is 2.25 bits per heavy atom. The molecule has 1 heterocycles. The average Bonchev–Trinajstić information content (AvgIpc) is 3.09. The Bertz CT molecular complexity index is 1290. The van der Waals surface area contributed by atoms with Crippen molar-refractivity contribution < 1.29 is 19.1 Å². The molecule has 1 aliphatic rings. The number of carbonyl (C=O) groups excluding carboxylic acids is 3. The molecule has 3 aromatic carbocycles. The predicted molar refractivity (Wildman–Crippen MR) is 140 cm³/mol. The molecule has 0 radical (unpaired) electrons. The first-order valence-electron chi connectivity index (χ1n) is 11.6. The highest BCUT2D eigenvalue weighted by Crippen LogP contribution is 2.31. The van der Waals surface area contributed by atoms with E-state index in [1.54, 1.807) is 48.5 Å². The molecular weight excluding hydrogens is 478 g/mol. The standard InChI is InChI=1S/C28H26ClN3O4/c1-3-36-23-15-13-22(14-16-23)32-27(34)25(29)26(28(32)35)31-21-11-9-19(10-12-21)17-24(33)30-18(2)20-7-5-4-6-8-20/h4-16,18,31H,3,17H2,1-2H3,(H,30,33). The van der Waals surface area contributed by atoms with E-state index in [0.29, 0.717) is 23.7 Å². The number of halogens is 1. The summed E-state index contributed by atoms with van der Waals surface area (Å²) in [4.78, 5) is 39.2. The van der Waals surface area contributed by atoms with Crippen molar-refractivity contribution in [3.05, 3.63) is 101 Å². The van der Waals surface area contributed by atoms with Gasteiger partial charge < -0.3 is 15.4 Å². The lowest BCUT2D eigenvalue weighted by molar-refractivity contribution is -0.121. The van der Waals surface area contributed by atoms with E-state index in [9.17, 15) is 14.4 Å². The number of hydrogen-bond donors (Lipinski definition) is 2. The van der Waals surface area contributed by atoms with Crippen molar-refractivity contribution in [3.63, 3.8) is 0 Å². The molecule has 8 heteroatoms. The number of nitrogens with one attached hydrogen (secondary N) is 2. The highest BCUT2D eigenvalue weighted by molar-refractivity contribution is 6.53. The Labute approximate surface area is 214 Å². The van der Waals surface area contributed by atoms with Gasteiger partial charge in [0.05, 0.1) is 24.8 Å². The number of imide groups is 1. The quantitative estimate of drug-likeness (QED) is 0.404. The van der Waals surface area contributed by atoms with Gasteiger partial charge in [-0.3, -0.25) is 14.4 Å². The van der Waals surface area contributed by atoms with E-state index in [1.165, 1.54) is 0 Å². The molecule has 3 amide bonds. The summed E-state index contributed by atoms with van der Waals surface area (Å²) in [6, 6.07) is 23.3. The zero-order valence-corrected chi connectivity index (χ0v) is 20.7. The highest BCUT2D eigenvalue weighted by atomic mass is 35.5. The smallest absolute Gasteiger partial charge is 0.283 e. The number of carbonyl (C=O) groups is 3. The lowest BCUT2D eigenvalue weighted by Gasteiger charge is -2.16. The summed E-state index contributed by atoms with van der Waals surface area (Å²) < 4.78 is 5.41. The topological polar surface area (TPSA) is 87.7 Å². The summed E-state index contributed by atoms with van der Waals surface area (Å²) in [5, 5.41) is 5.75. The molecule has 0 saturated heterocycles. The molecule has 7 nitrogen and oxygen atoms in total. The van der Waals surface area contributed by atoms with Crippen LogP contribution in [-0.4, -0.2) is 24.3 Å². The van der Waals surface area contributed by atoms with Gasteiger partial charge in [0, 0.05) is 5.69 Å². The van der Waals surface area contributed by atoms with Crippen molar-refractivity contribution >= 4 is 40.7 Å². The lowest BCUT2D eigenvalue weighted by Crippen LogP contribution is -2.32. The Morgan fingerprint density at radius 2 is 1.61 bits per heavy atom. The molecule has 1 atom stereocenters. The Morgan fingerprint density at radius 1 is 0.944 bits per heavy atom. The van der Waals surface area contributed by atoms with Crippen LogP contribution < -0.4 is 20.3 Å². The Hall–Kier alpha value is -4.10. The van der Waals surface area contributed by atoms with Crippen molar-refractivity contribution in [2.75, 3.05) is 16.8 Å². The van der Waals surface area contributed by atoms with Crippen LogP contribution in [-0.2, 0) is 20.8 Å². The second-order valence-electron chi connectivity index (χ2n) is 8.26. The van der Waals surface area contributed by atoms with Crippen molar-refractivity contribution in [2.24, 2.45) is 0 Å². The molecule has 0 fully saturated rings. The summed E-state index contributed by atoms with van der Waals surface area (Å²) in [7, 11) is 0. The van der Waals surface area contributed by atoms with Crippen LogP contribution in [0.25, 0.3) is 0 Å². The molecule has 0 saturated carbocycles. The van der Waals surface area contributed by atoms with Crippen LogP contribution in [0.3, 0.4) is 0 Å². The fourth-order valence-electron chi connectivity index (χ4n) is 3.86. The average molecular weight is 504 g/mol. The van der Waals surface area contributed by atoms with Gasteiger partial charge in [0.15, 0.2) is 0 Å². The molecule has 36 heavy (non-hydrogen) atoms. The van der Waals surface area contributed by atoms with Crippen LogP contribution in [0.4, 0.5) is 11.4 Å². The fraction of sp³-hybridized carbons (Fsp3) is 0.179. The lowest BCUT2D eigenvalue weighted by atomic mass is 10.1. The number of rotatable bonds is 9. The molecule has 1 unspecified atom stereocenters. The largest absolute Gasteiger partial charge is 0.494 e. The highest BCUT2D eigenvalue weighted by Gasteiger charge is 2.39. The SMILES string of the molecule is CCOc1ccc(N2C(=O)C(Cl)=C(Nc3ccc(CC(=O)NC(C)c4ccccc4)cc3)C2=O)cc1. The van der Waals surface area contributed by atoms with E-state index in [4.69, 9.17) is 16.3 Å². The summed E-state index contributed by atoms with van der Waals surface area (Å²) in [6.07, 6.45) is 0.212. The molecule has 4 rings (SSSR count). The van der Waals surface area contributed by atoms with Crippen LogP contribution in [0, 0.1) is 0 Å². The third kappa shape index (κ3) is 5.58. The van der Waals surface area contributed by atoms with Crippen molar-refractivity contribution in [2.45, 2.75) is 26.3 Å². The van der Waals surface area contributed by atoms with Crippen molar-refractivity contribution in [3.8, 4) is 5.75 Å². The van der Waals surface area contributed by atoms with Gasteiger partial charge in [-0.15, -0.1) is 0 Å². The third-order valence-electron chi connectivity index (χ3n) is 5.70. The zero-order chi connectivity index (χ0) is 25.7. The summed E-state index contributed by atoms with van der Waals surface area (Å²) in [6.45, 7) is 4.32. The number of ether oxygens (including phenoxy) is 1. The maximum atomic E-state index is 13.0. The van der Waals surface area contributed by atoms with Gasteiger partial charge in [-0.05, 0) is 61.4 Å². The molecule has 0 bridgehead atoms. The molecule has 3 aromatic rings. The minimum Gasteiger partial charge on any atom is -0.494 e. The maximum Gasteiger partial charge on any atom is 0.283 e. The first kappa shape index (κ1) is 25.0. The first-order chi connectivity index (χ1) is 17.4. The molecule has 2 N–H and O–H groups in total. The van der Waals surface area contributed by atoms with Crippen LogP contribution in [0.5, 0.6) is 5.75 Å². The maximum absolute atomic E-state index is 13.0. The van der Waals surface area contributed by atoms with Gasteiger partial charge in [-0.25, -0.2) is 4.90 Å². The van der Waals surface area contributed by atoms with Gasteiger partial charge >= 0.3 is 0 Å². The van der Waals surface area contributed by atoms with Gasteiger partial charge in [0.1, 0.15) is 16.5 Å². The predicted octanol–water partition coefficient (Wildman–Crippen LogP) is 4.94. The first-order valence-corrected chi connectivity index (χ1v) is 12.0. The molecular formula is C28H26ClN3O4. The monoisotopic (exact) mass is 503 g/mol. The van der Waals surface area contributed by atoms with Gasteiger partial charge in [-0.1, -0.05) is 54.1 Å². The molecule has 0 spiro atoms. The fourth-order valence-corrected chi connectivity index (χ4v) is 4.07. The number of nitrogens with zero attached hydrogens (tertiary/aromatic N) is 1. The van der Waals surface area contributed by atoms with E-state index in [-0.39, 0.29) is 29.1 Å². The molecule has 184 valence electrons. The second-order valence-corrected chi connectivity index (χ2v) is 8.64. The zero-order valence-electron chi connectivity index (χ0n) is 20.0. The Balaban J connectivity index is 1.38. The van der Waals surface area contributed by atoms with Crippen LogP contribution in [0.1, 0.15) is 31.0 Å². The van der Waals surface area contributed by atoms with E-state index in [1.807, 2.05) is 44.2 Å². The minimum atomic E-state index is -0.603. The summed E-state index contributed by atoms with van der Waals surface area (Å²) in [5.41, 5.74) is 2.81. The molecule has 0 aromatic heterocycles. The molecule has 0 aliphatic carbocycles. The van der Waals surface area contributed by atoms with Crippen molar-refractivity contribution in [1.29, 1.82) is 0 Å². The number of benzene rings is 3. The van der Waals surface area contributed by atoms with E-state index >= 15 is 0 Å². The molecule has 1 aliphatic heterocycles. The number of amides is 3. The second kappa shape index (κ2) is 11.1. The van der Waals surface area contributed by atoms with E-state index < -0.39 is 11.8 Å². The van der Waals surface area contributed by atoms with Crippen LogP contribution in [0.15, 0.2) is 89.6 Å². The normalized spacial score (nSPS) is 14.1. The summed E-state index contributed by atoms with van der Waals surface area (Å²) in [5.74, 6) is -0.608. The van der Waals surface area contributed by atoms with Gasteiger partial charge in [0.2, 0.25) is 5.91 Å². The van der Waals surface area contributed by atoms with Crippen molar-refractivity contribution in [1.82, 2.24) is 5.32 Å². The van der Waals surface area contributed by atoms with Gasteiger partial charge in [0.25, 0.3) is 11.8 Å². The van der Waals surface area contributed by atoms with E-state index in [0.717, 1.165) is 16.0 Å².